The van der Waals surface area contributed by atoms with E-state index in [-0.39, 0.29) is 12.2 Å². The number of aliphatic hydroxyl groups excluding tert-OH is 1. The fourth-order valence-electron chi connectivity index (χ4n) is 2.17. The molecule has 0 aromatic heterocycles. The Bertz CT molecular complexity index is 384. The van der Waals surface area contributed by atoms with E-state index in [0.717, 1.165) is 41.6 Å². The SMILES string of the molecule is CNCc1cc(OC2CCCC2O)ccc1Br. The van der Waals surface area contributed by atoms with Crippen LogP contribution in [0.2, 0.25) is 0 Å². The summed E-state index contributed by atoms with van der Waals surface area (Å²) in [5, 5.41) is 12.9. The fraction of sp³-hybridized carbons (Fsp3) is 0.538. The highest BCUT2D eigenvalue weighted by molar-refractivity contribution is 9.10. The van der Waals surface area contributed by atoms with E-state index in [1.807, 2.05) is 25.2 Å². The van der Waals surface area contributed by atoms with Crippen LogP contribution in [0.1, 0.15) is 24.8 Å². The molecule has 0 amide bonds. The van der Waals surface area contributed by atoms with E-state index in [4.69, 9.17) is 4.74 Å². The smallest absolute Gasteiger partial charge is 0.124 e. The van der Waals surface area contributed by atoms with Crippen molar-refractivity contribution in [1.82, 2.24) is 5.32 Å². The minimum atomic E-state index is -0.314. The Morgan fingerprint density at radius 3 is 2.94 bits per heavy atom. The van der Waals surface area contributed by atoms with Crippen LogP contribution in [0.3, 0.4) is 0 Å². The molecule has 0 saturated heterocycles. The lowest BCUT2D eigenvalue weighted by atomic mass is 10.2. The second kappa shape index (κ2) is 5.85. The molecule has 1 saturated carbocycles. The van der Waals surface area contributed by atoms with Gasteiger partial charge in [-0.05, 0) is 50.1 Å². The van der Waals surface area contributed by atoms with Crippen LogP contribution in [0, 0.1) is 0 Å². The highest BCUT2D eigenvalue weighted by atomic mass is 79.9. The summed E-state index contributed by atoms with van der Waals surface area (Å²) in [5.74, 6) is 0.837. The minimum Gasteiger partial charge on any atom is -0.488 e. The number of hydrogen-bond acceptors (Lipinski definition) is 3. The van der Waals surface area contributed by atoms with Crippen molar-refractivity contribution < 1.29 is 9.84 Å². The predicted octanol–water partition coefficient (Wildman–Crippen LogP) is 2.46. The second-order valence-electron chi connectivity index (χ2n) is 4.44. The van der Waals surface area contributed by atoms with Crippen LogP contribution in [0.25, 0.3) is 0 Å². The maximum Gasteiger partial charge on any atom is 0.124 e. The van der Waals surface area contributed by atoms with E-state index < -0.39 is 0 Å². The first-order valence-corrected chi connectivity index (χ1v) is 6.77. The van der Waals surface area contributed by atoms with Crippen molar-refractivity contribution in [3.05, 3.63) is 28.2 Å². The Morgan fingerprint density at radius 2 is 2.29 bits per heavy atom. The average Bonchev–Trinajstić information content (AvgIpc) is 2.70. The van der Waals surface area contributed by atoms with Gasteiger partial charge in [0.05, 0.1) is 6.10 Å². The molecule has 0 spiro atoms. The summed E-state index contributed by atoms with van der Waals surface area (Å²) < 4.78 is 6.91. The monoisotopic (exact) mass is 299 g/mol. The van der Waals surface area contributed by atoms with Crippen molar-refractivity contribution in [2.45, 2.75) is 38.0 Å². The molecular formula is C13H18BrNO2. The number of nitrogens with one attached hydrogen (secondary N) is 1. The highest BCUT2D eigenvalue weighted by Gasteiger charge is 2.26. The number of benzene rings is 1. The molecule has 0 bridgehead atoms. The standard InChI is InChI=1S/C13H18BrNO2/c1-15-8-9-7-10(5-6-11(9)14)17-13-4-2-3-12(13)16/h5-7,12-13,15-16H,2-4,8H2,1H3. The molecule has 1 aromatic carbocycles. The van der Waals surface area contributed by atoms with Gasteiger partial charge in [0, 0.05) is 11.0 Å². The number of ether oxygens (including phenoxy) is 1. The van der Waals surface area contributed by atoms with Gasteiger partial charge >= 0.3 is 0 Å². The molecule has 1 aromatic rings. The van der Waals surface area contributed by atoms with Crippen molar-refractivity contribution in [3.8, 4) is 5.75 Å². The van der Waals surface area contributed by atoms with Gasteiger partial charge in [-0.15, -0.1) is 0 Å². The molecule has 2 N–H and O–H groups in total. The van der Waals surface area contributed by atoms with Gasteiger partial charge in [-0.2, -0.15) is 0 Å². The Balaban J connectivity index is 2.07. The van der Waals surface area contributed by atoms with Crippen molar-refractivity contribution in [3.63, 3.8) is 0 Å². The van der Waals surface area contributed by atoms with E-state index in [0.29, 0.717) is 0 Å². The van der Waals surface area contributed by atoms with Crippen molar-refractivity contribution in [2.24, 2.45) is 0 Å². The van der Waals surface area contributed by atoms with Gasteiger partial charge in [-0.3, -0.25) is 0 Å². The van der Waals surface area contributed by atoms with Gasteiger partial charge in [0.15, 0.2) is 0 Å². The summed E-state index contributed by atoms with van der Waals surface area (Å²) in [4.78, 5) is 0. The van der Waals surface area contributed by atoms with Gasteiger partial charge in [0.2, 0.25) is 0 Å². The van der Waals surface area contributed by atoms with Gasteiger partial charge in [-0.25, -0.2) is 0 Å². The van der Waals surface area contributed by atoms with Crippen molar-refractivity contribution in [2.75, 3.05) is 7.05 Å². The molecule has 0 heterocycles. The number of rotatable bonds is 4. The zero-order chi connectivity index (χ0) is 12.3. The van der Waals surface area contributed by atoms with E-state index in [1.54, 1.807) is 0 Å². The summed E-state index contributed by atoms with van der Waals surface area (Å²) in [5.41, 5.74) is 1.16. The van der Waals surface area contributed by atoms with E-state index in [9.17, 15) is 5.11 Å². The first kappa shape index (κ1) is 12.9. The second-order valence-corrected chi connectivity index (χ2v) is 5.29. The minimum absolute atomic E-state index is 0.0430. The molecule has 94 valence electrons. The van der Waals surface area contributed by atoms with Gasteiger partial charge < -0.3 is 15.2 Å². The third kappa shape index (κ3) is 3.21. The van der Waals surface area contributed by atoms with Crippen molar-refractivity contribution >= 4 is 15.9 Å². The van der Waals surface area contributed by atoms with Crippen LogP contribution in [-0.2, 0) is 6.54 Å². The largest absolute Gasteiger partial charge is 0.488 e. The third-order valence-electron chi connectivity index (χ3n) is 3.09. The lowest BCUT2D eigenvalue weighted by Crippen LogP contribution is -2.25. The maximum atomic E-state index is 9.73. The molecule has 2 rings (SSSR count). The number of hydrogen-bond donors (Lipinski definition) is 2. The summed E-state index contributed by atoms with van der Waals surface area (Å²) in [6, 6.07) is 5.95. The van der Waals surface area contributed by atoms with Crippen molar-refractivity contribution in [1.29, 1.82) is 0 Å². The van der Waals surface area contributed by atoms with Crippen LogP contribution in [0.15, 0.2) is 22.7 Å². The zero-order valence-electron chi connectivity index (χ0n) is 9.95. The molecule has 3 nitrogen and oxygen atoms in total. The molecule has 1 fully saturated rings. The number of halogens is 1. The van der Waals surface area contributed by atoms with Gasteiger partial charge in [-0.1, -0.05) is 15.9 Å². The zero-order valence-corrected chi connectivity index (χ0v) is 11.5. The summed E-state index contributed by atoms with van der Waals surface area (Å²) in [6.45, 7) is 0.797. The summed E-state index contributed by atoms with van der Waals surface area (Å²) in [7, 11) is 1.92. The number of aliphatic hydroxyl groups is 1. The fourth-order valence-corrected chi connectivity index (χ4v) is 2.56. The summed E-state index contributed by atoms with van der Waals surface area (Å²) in [6.07, 6.45) is 2.49. The Kier molecular flexibility index (Phi) is 4.42. The molecule has 1 aliphatic rings. The maximum absolute atomic E-state index is 9.73. The normalized spacial score (nSPS) is 23.9. The van der Waals surface area contributed by atoms with Crippen LogP contribution < -0.4 is 10.1 Å². The summed E-state index contributed by atoms with van der Waals surface area (Å²) >= 11 is 3.51. The third-order valence-corrected chi connectivity index (χ3v) is 3.86. The molecule has 2 atom stereocenters. The topological polar surface area (TPSA) is 41.5 Å². The van der Waals surface area contributed by atoms with E-state index >= 15 is 0 Å². The van der Waals surface area contributed by atoms with Crippen LogP contribution in [0.5, 0.6) is 5.75 Å². The van der Waals surface area contributed by atoms with E-state index in [1.165, 1.54) is 0 Å². The quantitative estimate of drug-likeness (QED) is 0.897. The predicted molar refractivity (Wildman–Crippen MR) is 71.2 cm³/mol. The Labute approximate surface area is 110 Å². The molecule has 0 radical (unpaired) electrons. The Hall–Kier alpha value is -0.580. The molecule has 0 aliphatic heterocycles. The molecule has 4 heteroatoms. The molecule has 17 heavy (non-hydrogen) atoms. The highest BCUT2D eigenvalue weighted by Crippen LogP contribution is 2.27. The lowest BCUT2D eigenvalue weighted by molar-refractivity contribution is 0.0603. The van der Waals surface area contributed by atoms with Gasteiger partial charge in [0.25, 0.3) is 0 Å². The van der Waals surface area contributed by atoms with Crippen LogP contribution in [-0.4, -0.2) is 24.4 Å². The van der Waals surface area contributed by atoms with Crippen LogP contribution >= 0.6 is 15.9 Å². The Morgan fingerprint density at radius 1 is 1.47 bits per heavy atom. The molecular weight excluding hydrogens is 282 g/mol. The molecule has 1 aliphatic carbocycles. The molecule has 2 unspecified atom stereocenters. The van der Waals surface area contributed by atoms with E-state index in [2.05, 4.69) is 21.2 Å². The average molecular weight is 300 g/mol. The van der Waals surface area contributed by atoms with Gasteiger partial charge in [0.1, 0.15) is 11.9 Å². The lowest BCUT2D eigenvalue weighted by Gasteiger charge is -2.18. The first-order chi connectivity index (χ1) is 8.20. The van der Waals surface area contributed by atoms with Crippen LogP contribution in [0.4, 0.5) is 0 Å². The first-order valence-electron chi connectivity index (χ1n) is 5.98.